The summed E-state index contributed by atoms with van der Waals surface area (Å²) in [5, 5.41) is 0. The minimum atomic E-state index is -0.436. The van der Waals surface area contributed by atoms with Crippen LogP contribution in [0.4, 0.5) is 0 Å². The van der Waals surface area contributed by atoms with Crippen LogP contribution >= 0.6 is 23.2 Å². The molecular weight excluding hydrogens is 175 g/mol. The van der Waals surface area contributed by atoms with Crippen molar-refractivity contribution in [2.45, 2.75) is 6.42 Å². The summed E-state index contributed by atoms with van der Waals surface area (Å²) < 4.78 is 4.32. The van der Waals surface area contributed by atoms with Crippen LogP contribution in [-0.2, 0) is 9.53 Å². The molecule has 10 heavy (non-hydrogen) atoms. The van der Waals surface area contributed by atoms with Gasteiger partial charge in [0.2, 0.25) is 0 Å². The normalized spacial score (nSPS) is 8.20. The van der Waals surface area contributed by atoms with Crippen molar-refractivity contribution in [3.63, 3.8) is 0 Å². The molecule has 0 bridgehead atoms. The van der Waals surface area contributed by atoms with Gasteiger partial charge in [-0.2, -0.15) is 0 Å². The van der Waals surface area contributed by atoms with E-state index in [1.807, 2.05) is 0 Å². The molecule has 0 radical (unpaired) electrons. The molecule has 0 unspecified atom stereocenters. The zero-order valence-corrected chi connectivity index (χ0v) is 6.65. The monoisotopic (exact) mass is 180 g/mol. The van der Waals surface area contributed by atoms with Crippen molar-refractivity contribution in [3.8, 4) is 0 Å². The van der Waals surface area contributed by atoms with Crippen LogP contribution in [0.5, 0.6) is 0 Å². The van der Waals surface area contributed by atoms with Gasteiger partial charge in [-0.15, -0.1) is 6.58 Å². The van der Waals surface area contributed by atoms with Crippen LogP contribution in [-0.4, -0.2) is 5.97 Å². The Bertz CT molecular complexity index is 159. The summed E-state index contributed by atoms with van der Waals surface area (Å²) in [6, 6.07) is 0. The number of carbonyl (C=O) groups excluding carboxylic acids is 1. The molecule has 0 spiro atoms. The standard InChI is InChI=1S/C6H6Cl2O2/c1-2-3-6(9)10-4-5(7)8/h2,4H,1,3H2. The van der Waals surface area contributed by atoms with Gasteiger partial charge in [-0.3, -0.25) is 4.79 Å². The van der Waals surface area contributed by atoms with E-state index in [9.17, 15) is 4.79 Å². The second kappa shape index (κ2) is 5.33. The van der Waals surface area contributed by atoms with Gasteiger partial charge in [0.1, 0.15) is 10.8 Å². The fraction of sp³-hybridized carbons (Fsp3) is 0.167. The van der Waals surface area contributed by atoms with Crippen LogP contribution in [0.25, 0.3) is 0 Å². The van der Waals surface area contributed by atoms with Gasteiger partial charge in [0.15, 0.2) is 0 Å². The Morgan fingerprint density at radius 2 is 2.20 bits per heavy atom. The molecule has 0 aliphatic heterocycles. The first-order chi connectivity index (χ1) is 4.66. The van der Waals surface area contributed by atoms with Crippen LogP contribution in [0.15, 0.2) is 23.4 Å². The van der Waals surface area contributed by atoms with Crippen LogP contribution in [0.2, 0.25) is 0 Å². The highest BCUT2D eigenvalue weighted by atomic mass is 35.5. The predicted octanol–water partition coefficient (Wildman–Crippen LogP) is 2.38. The summed E-state index contributed by atoms with van der Waals surface area (Å²) in [5.74, 6) is -0.436. The lowest BCUT2D eigenvalue weighted by molar-refractivity contribution is -0.136. The number of rotatable bonds is 3. The number of hydrogen-bond donors (Lipinski definition) is 0. The van der Waals surface area contributed by atoms with E-state index in [1.54, 1.807) is 0 Å². The van der Waals surface area contributed by atoms with Crippen molar-refractivity contribution in [2.75, 3.05) is 0 Å². The molecule has 0 saturated carbocycles. The summed E-state index contributed by atoms with van der Waals surface area (Å²) in [6.07, 6.45) is 2.55. The first kappa shape index (κ1) is 9.53. The number of halogens is 2. The molecule has 0 rings (SSSR count). The second-order valence-electron chi connectivity index (χ2n) is 1.39. The molecule has 4 heteroatoms. The molecule has 56 valence electrons. The molecule has 0 heterocycles. The van der Waals surface area contributed by atoms with Gasteiger partial charge in [0.05, 0.1) is 6.42 Å². The Hall–Kier alpha value is -0.470. The van der Waals surface area contributed by atoms with Crippen LogP contribution < -0.4 is 0 Å². The molecule has 0 amide bonds. The third-order valence-electron chi connectivity index (χ3n) is 0.590. The van der Waals surface area contributed by atoms with Gasteiger partial charge >= 0.3 is 5.97 Å². The zero-order chi connectivity index (χ0) is 7.98. The third kappa shape index (κ3) is 5.66. The molecule has 0 fully saturated rings. The van der Waals surface area contributed by atoms with E-state index < -0.39 is 5.97 Å². The Morgan fingerprint density at radius 3 is 2.60 bits per heavy atom. The third-order valence-corrected chi connectivity index (χ3v) is 0.769. The largest absolute Gasteiger partial charge is 0.432 e. The molecule has 0 saturated heterocycles. The Balaban J connectivity index is 3.59. The SMILES string of the molecule is C=CCC(=O)OC=C(Cl)Cl. The molecule has 0 aromatic heterocycles. The second-order valence-corrected chi connectivity index (χ2v) is 2.40. The van der Waals surface area contributed by atoms with Gasteiger partial charge in [-0.1, -0.05) is 29.3 Å². The van der Waals surface area contributed by atoms with E-state index in [1.165, 1.54) is 6.08 Å². The van der Waals surface area contributed by atoms with E-state index in [-0.39, 0.29) is 10.9 Å². The zero-order valence-electron chi connectivity index (χ0n) is 5.14. The highest BCUT2D eigenvalue weighted by molar-refractivity contribution is 6.55. The maximum atomic E-state index is 10.5. The first-order valence-corrected chi connectivity index (χ1v) is 3.24. The molecule has 0 aliphatic carbocycles. The summed E-state index contributed by atoms with van der Waals surface area (Å²) in [4.78, 5) is 10.5. The molecule has 0 N–H and O–H groups in total. The minimum Gasteiger partial charge on any atom is -0.432 e. The maximum Gasteiger partial charge on any atom is 0.314 e. The minimum absolute atomic E-state index is 0.0857. The van der Waals surface area contributed by atoms with Crippen molar-refractivity contribution in [3.05, 3.63) is 23.4 Å². The lowest BCUT2D eigenvalue weighted by Gasteiger charge is -1.92. The number of carbonyl (C=O) groups is 1. The van der Waals surface area contributed by atoms with Crippen LogP contribution in [0, 0.1) is 0 Å². The van der Waals surface area contributed by atoms with Gasteiger partial charge in [-0.05, 0) is 0 Å². The Labute approximate surface area is 69.1 Å². The number of esters is 1. The molecule has 0 aromatic rings. The van der Waals surface area contributed by atoms with Gasteiger partial charge in [0.25, 0.3) is 0 Å². The van der Waals surface area contributed by atoms with Gasteiger partial charge in [0, 0.05) is 0 Å². The van der Waals surface area contributed by atoms with Gasteiger partial charge < -0.3 is 4.74 Å². The Kier molecular flexibility index (Phi) is 5.08. The molecule has 2 nitrogen and oxygen atoms in total. The summed E-state index contributed by atoms with van der Waals surface area (Å²) >= 11 is 10.3. The van der Waals surface area contributed by atoms with E-state index in [0.29, 0.717) is 0 Å². The maximum absolute atomic E-state index is 10.5. The van der Waals surface area contributed by atoms with E-state index in [2.05, 4.69) is 11.3 Å². The number of ether oxygens (including phenoxy) is 1. The summed E-state index contributed by atoms with van der Waals surface area (Å²) in [7, 11) is 0. The molecule has 0 aliphatic rings. The quantitative estimate of drug-likeness (QED) is 0.379. The first-order valence-electron chi connectivity index (χ1n) is 2.48. The lowest BCUT2D eigenvalue weighted by atomic mass is 10.4. The highest BCUT2D eigenvalue weighted by Crippen LogP contribution is 2.06. The van der Waals surface area contributed by atoms with E-state index in [4.69, 9.17) is 23.2 Å². The van der Waals surface area contributed by atoms with Crippen LogP contribution in [0.3, 0.4) is 0 Å². The molecular formula is C6H6Cl2O2. The van der Waals surface area contributed by atoms with Gasteiger partial charge in [-0.25, -0.2) is 0 Å². The van der Waals surface area contributed by atoms with E-state index >= 15 is 0 Å². The van der Waals surface area contributed by atoms with E-state index in [0.717, 1.165) is 6.26 Å². The summed E-state index contributed by atoms with van der Waals surface area (Å²) in [5.41, 5.74) is 0. The topological polar surface area (TPSA) is 26.3 Å². The number of hydrogen-bond acceptors (Lipinski definition) is 2. The smallest absolute Gasteiger partial charge is 0.314 e. The molecule has 0 atom stereocenters. The van der Waals surface area contributed by atoms with Crippen molar-refractivity contribution in [1.82, 2.24) is 0 Å². The Morgan fingerprint density at radius 1 is 1.60 bits per heavy atom. The van der Waals surface area contributed by atoms with Crippen molar-refractivity contribution >= 4 is 29.2 Å². The fourth-order valence-electron chi connectivity index (χ4n) is 0.276. The average molecular weight is 181 g/mol. The van der Waals surface area contributed by atoms with Crippen LogP contribution in [0.1, 0.15) is 6.42 Å². The predicted molar refractivity (Wildman–Crippen MR) is 40.7 cm³/mol. The fourth-order valence-corrected chi connectivity index (χ4v) is 0.365. The lowest BCUT2D eigenvalue weighted by Crippen LogP contribution is -1.95. The average Bonchev–Trinajstić information content (AvgIpc) is 1.85. The van der Waals surface area contributed by atoms with Crippen molar-refractivity contribution in [1.29, 1.82) is 0 Å². The molecule has 0 aromatic carbocycles. The van der Waals surface area contributed by atoms with Crippen molar-refractivity contribution < 1.29 is 9.53 Å². The highest BCUT2D eigenvalue weighted by Gasteiger charge is 1.95. The van der Waals surface area contributed by atoms with Crippen molar-refractivity contribution in [2.24, 2.45) is 0 Å². The summed E-state index contributed by atoms with van der Waals surface area (Å²) in [6.45, 7) is 3.34.